The highest BCUT2D eigenvalue weighted by Gasteiger charge is 2.04. The van der Waals surface area contributed by atoms with E-state index in [1.807, 2.05) is 18.2 Å². The Morgan fingerprint density at radius 3 is 2.32 bits per heavy atom. The van der Waals surface area contributed by atoms with Gasteiger partial charge in [0.05, 0.1) is 6.20 Å². The molecule has 0 unspecified atom stereocenters. The number of anilines is 4. The highest BCUT2D eigenvalue weighted by atomic mass is 16.1. The van der Waals surface area contributed by atoms with Crippen molar-refractivity contribution in [2.75, 3.05) is 10.6 Å². The van der Waals surface area contributed by atoms with E-state index in [1.165, 1.54) is 18.1 Å². The lowest BCUT2D eigenvalue weighted by atomic mass is 10.1. The minimum atomic E-state index is 0.0315. The maximum atomic E-state index is 11.3. The summed E-state index contributed by atoms with van der Waals surface area (Å²) in [6, 6.07) is 13.3. The van der Waals surface area contributed by atoms with Gasteiger partial charge in [-0.15, -0.1) is 5.10 Å². The van der Waals surface area contributed by atoms with Gasteiger partial charge >= 0.3 is 0 Å². The second-order valence-corrected chi connectivity index (χ2v) is 5.85. The van der Waals surface area contributed by atoms with Crippen LogP contribution in [0.1, 0.15) is 28.4 Å². The molecular formula is C19H19N5O. The number of aromatic nitrogens is 3. The van der Waals surface area contributed by atoms with Crippen LogP contribution in [0.3, 0.4) is 0 Å². The number of benzene rings is 2. The Balaban J connectivity index is 1.74. The Kier molecular flexibility index (Phi) is 4.70. The number of hydrogen-bond donors (Lipinski definition) is 2. The van der Waals surface area contributed by atoms with E-state index in [2.05, 4.69) is 51.8 Å². The Hall–Kier alpha value is -3.28. The third kappa shape index (κ3) is 4.17. The van der Waals surface area contributed by atoms with Crippen LogP contribution in [-0.4, -0.2) is 21.0 Å². The quantitative estimate of drug-likeness (QED) is 0.682. The number of rotatable bonds is 5. The molecule has 126 valence electrons. The van der Waals surface area contributed by atoms with Gasteiger partial charge in [-0.3, -0.25) is 4.79 Å². The fraction of sp³-hybridized carbons (Fsp3) is 0.158. The van der Waals surface area contributed by atoms with Gasteiger partial charge in [-0.25, -0.2) is 0 Å². The Bertz CT molecular complexity index is 906. The van der Waals surface area contributed by atoms with Crippen molar-refractivity contribution in [2.24, 2.45) is 0 Å². The standard InChI is InChI=1S/C19H19N5O/c1-12-4-7-17(10-13(12)2)21-18-11-20-24-19(23-18)22-16-8-5-15(6-9-16)14(3)25/h4-11H,1-3H3,(H2,21,22,23,24). The molecule has 0 fully saturated rings. The molecule has 0 aliphatic carbocycles. The monoisotopic (exact) mass is 333 g/mol. The van der Waals surface area contributed by atoms with Crippen molar-refractivity contribution in [3.63, 3.8) is 0 Å². The van der Waals surface area contributed by atoms with Gasteiger partial charge in [0.15, 0.2) is 11.6 Å². The van der Waals surface area contributed by atoms with E-state index in [0.717, 1.165) is 11.4 Å². The van der Waals surface area contributed by atoms with Gasteiger partial charge in [0.1, 0.15) is 0 Å². The van der Waals surface area contributed by atoms with Gasteiger partial charge in [-0.1, -0.05) is 6.07 Å². The molecule has 3 aromatic rings. The van der Waals surface area contributed by atoms with E-state index in [0.29, 0.717) is 17.3 Å². The van der Waals surface area contributed by atoms with Crippen molar-refractivity contribution >= 4 is 28.9 Å². The average molecular weight is 333 g/mol. The molecule has 0 spiro atoms. The Morgan fingerprint density at radius 1 is 0.920 bits per heavy atom. The molecule has 2 aromatic carbocycles. The smallest absolute Gasteiger partial charge is 0.249 e. The van der Waals surface area contributed by atoms with Crippen LogP contribution in [0.5, 0.6) is 0 Å². The van der Waals surface area contributed by atoms with E-state index in [1.54, 1.807) is 18.3 Å². The molecule has 25 heavy (non-hydrogen) atoms. The first-order valence-corrected chi connectivity index (χ1v) is 7.93. The van der Waals surface area contributed by atoms with E-state index in [4.69, 9.17) is 0 Å². The van der Waals surface area contributed by atoms with Crippen LogP contribution in [0.2, 0.25) is 0 Å². The minimum absolute atomic E-state index is 0.0315. The molecule has 0 atom stereocenters. The summed E-state index contributed by atoms with van der Waals surface area (Å²) < 4.78 is 0. The number of carbonyl (C=O) groups is 1. The fourth-order valence-corrected chi connectivity index (χ4v) is 2.30. The van der Waals surface area contributed by atoms with E-state index >= 15 is 0 Å². The molecule has 0 radical (unpaired) electrons. The number of carbonyl (C=O) groups excluding carboxylic acids is 1. The van der Waals surface area contributed by atoms with Crippen molar-refractivity contribution in [3.8, 4) is 0 Å². The summed E-state index contributed by atoms with van der Waals surface area (Å²) in [5.74, 6) is 1.01. The second-order valence-electron chi connectivity index (χ2n) is 5.85. The average Bonchev–Trinajstić information content (AvgIpc) is 2.59. The third-order valence-corrected chi connectivity index (χ3v) is 3.89. The van der Waals surface area contributed by atoms with Crippen LogP contribution < -0.4 is 10.6 Å². The number of hydrogen-bond acceptors (Lipinski definition) is 6. The second kappa shape index (κ2) is 7.09. The van der Waals surface area contributed by atoms with E-state index in [-0.39, 0.29) is 5.78 Å². The lowest BCUT2D eigenvalue weighted by molar-refractivity contribution is 0.101. The van der Waals surface area contributed by atoms with Crippen LogP contribution in [0.15, 0.2) is 48.7 Å². The summed E-state index contributed by atoms with van der Waals surface area (Å²) in [7, 11) is 0. The van der Waals surface area contributed by atoms with Crippen LogP contribution in [0.4, 0.5) is 23.1 Å². The molecule has 0 aliphatic rings. The van der Waals surface area contributed by atoms with Crippen molar-refractivity contribution in [1.82, 2.24) is 15.2 Å². The van der Waals surface area contributed by atoms with Crippen molar-refractivity contribution in [1.29, 1.82) is 0 Å². The summed E-state index contributed by atoms with van der Waals surface area (Å²) in [5, 5.41) is 14.3. The maximum Gasteiger partial charge on any atom is 0.249 e. The Morgan fingerprint density at radius 2 is 1.64 bits per heavy atom. The molecule has 0 amide bonds. The lowest BCUT2D eigenvalue weighted by Gasteiger charge is -2.09. The van der Waals surface area contributed by atoms with Gasteiger partial charge < -0.3 is 10.6 Å². The molecule has 1 heterocycles. The largest absolute Gasteiger partial charge is 0.339 e. The summed E-state index contributed by atoms with van der Waals surface area (Å²) in [5.41, 5.74) is 4.84. The molecule has 0 bridgehead atoms. The van der Waals surface area contributed by atoms with Gasteiger partial charge in [-0.05, 0) is 68.3 Å². The molecule has 0 saturated heterocycles. The lowest BCUT2D eigenvalue weighted by Crippen LogP contribution is -2.03. The minimum Gasteiger partial charge on any atom is -0.339 e. The van der Waals surface area contributed by atoms with Crippen molar-refractivity contribution < 1.29 is 4.79 Å². The molecule has 1 aromatic heterocycles. The summed E-state index contributed by atoms with van der Waals surface area (Å²) in [4.78, 5) is 15.7. The molecular weight excluding hydrogens is 314 g/mol. The van der Waals surface area contributed by atoms with Crippen molar-refractivity contribution in [2.45, 2.75) is 20.8 Å². The summed E-state index contributed by atoms with van der Waals surface area (Å²) in [6.45, 7) is 5.68. The number of nitrogens with zero attached hydrogens (tertiary/aromatic N) is 3. The zero-order chi connectivity index (χ0) is 17.8. The number of Topliss-reactive ketones (excluding diaryl/α,β-unsaturated/α-hetero) is 1. The van der Waals surface area contributed by atoms with Crippen LogP contribution in [0.25, 0.3) is 0 Å². The zero-order valence-corrected chi connectivity index (χ0v) is 14.4. The fourth-order valence-electron chi connectivity index (χ4n) is 2.30. The van der Waals surface area contributed by atoms with Gasteiger partial charge in [0.25, 0.3) is 0 Å². The van der Waals surface area contributed by atoms with Gasteiger partial charge in [0, 0.05) is 16.9 Å². The molecule has 0 aliphatic heterocycles. The third-order valence-electron chi connectivity index (χ3n) is 3.89. The molecule has 6 nitrogen and oxygen atoms in total. The number of nitrogens with one attached hydrogen (secondary N) is 2. The number of aryl methyl sites for hydroxylation is 2. The first-order chi connectivity index (χ1) is 12.0. The van der Waals surface area contributed by atoms with Crippen LogP contribution in [-0.2, 0) is 0 Å². The molecule has 6 heteroatoms. The summed E-state index contributed by atoms with van der Waals surface area (Å²) >= 11 is 0. The topological polar surface area (TPSA) is 79.8 Å². The Labute approximate surface area is 146 Å². The predicted octanol–water partition coefficient (Wildman–Crippen LogP) is 4.18. The van der Waals surface area contributed by atoms with Gasteiger partial charge in [0.2, 0.25) is 5.95 Å². The van der Waals surface area contributed by atoms with E-state index in [9.17, 15) is 4.79 Å². The molecule has 2 N–H and O–H groups in total. The summed E-state index contributed by atoms with van der Waals surface area (Å²) in [6.07, 6.45) is 1.57. The first kappa shape index (κ1) is 16.6. The maximum absolute atomic E-state index is 11.3. The normalized spacial score (nSPS) is 10.4. The van der Waals surface area contributed by atoms with Gasteiger partial charge in [-0.2, -0.15) is 10.1 Å². The van der Waals surface area contributed by atoms with Crippen LogP contribution >= 0.6 is 0 Å². The SMILES string of the molecule is CC(=O)c1ccc(Nc2nncc(Nc3ccc(C)c(C)c3)n2)cc1. The highest BCUT2D eigenvalue weighted by Crippen LogP contribution is 2.19. The highest BCUT2D eigenvalue weighted by molar-refractivity contribution is 5.94. The molecule has 0 saturated carbocycles. The van der Waals surface area contributed by atoms with E-state index < -0.39 is 0 Å². The van der Waals surface area contributed by atoms with Crippen LogP contribution in [0, 0.1) is 13.8 Å². The molecule has 3 rings (SSSR count). The van der Waals surface area contributed by atoms with Crippen molar-refractivity contribution in [3.05, 3.63) is 65.4 Å². The predicted molar refractivity (Wildman–Crippen MR) is 98.8 cm³/mol. The number of ketones is 1. The zero-order valence-electron chi connectivity index (χ0n) is 14.4. The first-order valence-electron chi connectivity index (χ1n) is 7.93.